The summed E-state index contributed by atoms with van der Waals surface area (Å²) in [6.07, 6.45) is 0. The SMILES string of the molecule is CCNC(=S)NNC(=O)COc1ccccc1OC. The van der Waals surface area contributed by atoms with Crippen LogP contribution in [-0.2, 0) is 4.79 Å². The summed E-state index contributed by atoms with van der Waals surface area (Å²) >= 11 is 4.89. The van der Waals surface area contributed by atoms with E-state index in [2.05, 4.69) is 16.2 Å². The highest BCUT2D eigenvalue weighted by molar-refractivity contribution is 7.80. The van der Waals surface area contributed by atoms with Gasteiger partial charge in [0, 0.05) is 6.54 Å². The number of hydrazine groups is 1. The van der Waals surface area contributed by atoms with Crippen molar-refractivity contribution in [3.8, 4) is 11.5 Å². The molecule has 0 saturated heterocycles. The van der Waals surface area contributed by atoms with E-state index >= 15 is 0 Å². The van der Waals surface area contributed by atoms with Crippen LogP contribution in [0.1, 0.15) is 6.92 Å². The number of benzene rings is 1. The maximum absolute atomic E-state index is 11.5. The van der Waals surface area contributed by atoms with Gasteiger partial charge < -0.3 is 14.8 Å². The molecule has 6 nitrogen and oxygen atoms in total. The van der Waals surface area contributed by atoms with Crippen molar-refractivity contribution in [3.63, 3.8) is 0 Å². The Labute approximate surface area is 117 Å². The van der Waals surface area contributed by atoms with Gasteiger partial charge in [-0.25, -0.2) is 0 Å². The van der Waals surface area contributed by atoms with Gasteiger partial charge in [0.2, 0.25) is 0 Å². The molecule has 7 heteroatoms. The molecule has 0 saturated carbocycles. The number of methoxy groups -OCH3 is 1. The lowest BCUT2D eigenvalue weighted by Gasteiger charge is -2.12. The van der Waals surface area contributed by atoms with Crippen LogP contribution in [0.4, 0.5) is 0 Å². The molecule has 19 heavy (non-hydrogen) atoms. The van der Waals surface area contributed by atoms with E-state index in [9.17, 15) is 4.79 Å². The van der Waals surface area contributed by atoms with Crippen LogP contribution in [0.15, 0.2) is 24.3 Å². The number of thiocarbonyl (C=S) groups is 1. The number of amides is 1. The molecule has 0 aliphatic rings. The smallest absolute Gasteiger partial charge is 0.276 e. The molecule has 1 aromatic rings. The van der Waals surface area contributed by atoms with E-state index in [1.54, 1.807) is 25.3 Å². The Bertz CT molecular complexity index is 440. The molecule has 0 spiro atoms. The molecule has 0 fully saturated rings. The van der Waals surface area contributed by atoms with Gasteiger partial charge >= 0.3 is 0 Å². The lowest BCUT2D eigenvalue weighted by Crippen LogP contribution is -2.48. The standard InChI is InChI=1S/C12H17N3O3S/c1-3-13-12(19)15-14-11(16)8-18-10-7-5-4-6-9(10)17-2/h4-7H,3,8H2,1-2H3,(H,14,16)(H2,13,15,19). The first-order valence-corrected chi connectivity index (χ1v) is 6.16. The second-order valence-electron chi connectivity index (χ2n) is 3.47. The molecule has 1 rings (SSSR count). The van der Waals surface area contributed by atoms with Crippen molar-refractivity contribution in [1.29, 1.82) is 0 Å². The summed E-state index contributed by atoms with van der Waals surface area (Å²) in [5, 5.41) is 3.19. The molecular weight excluding hydrogens is 266 g/mol. The fourth-order valence-corrected chi connectivity index (χ4v) is 1.44. The van der Waals surface area contributed by atoms with E-state index in [0.29, 0.717) is 23.2 Å². The normalized spacial score (nSPS) is 9.37. The lowest BCUT2D eigenvalue weighted by molar-refractivity contribution is -0.123. The lowest BCUT2D eigenvalue weighted by atomic mass is 10.3. The molecule has 0 aromatic heterocycles. The van der Waals surface area contributed by atoms with Crippen molar-refractivity contribution in [3.05, 3.63) is 24.3 Å². The van der Waals surface area contributed by atoms with Crippen molar-refractivity contribution in [2.45, 2.75) is 6.92 Å². The van der Waals surface area contributed by atoms with Crippen LogP contribution in [0.2, 0.25) is 0 Å². The minimum absolute atomic E-state index is 0.137. The number of hydrogen-bond acceptors (Lipinski definition) is 4. The van der Waals surface area contributed by atoms with Crippen molar-refractivity contribution in [2.24, 2.45) is 0 Å². The summed E-state index contributed by atoms with van der Waals surface area (Å²) in [6, 6.07) is 7.10. The Hall–Kier alpha value is -2.02. The molecule has 0 heterocycles. The Morgan fingerprint density at radius 2 is 1.95 bits per heavy atom. The molecule has 0 bridgehead atoms. The van der Waals surface area contributed by atoms with Gasteiger partial charge in [0.25, 0.3) is 5.91 Å². The fraction of sp³-hybridized carbons (Fsp3) is 0.333. The number of rotatable bonds is 5. The second-order valence-corrected chi connectivity index (χ2v) is 3.88. The maximum atomic E-state index is 11.5. The highest BCUT2D eigenvalue weighted by Gasteiger charge is 2.06. The average Bonchev–Trinajstić information content (AvgIpc) is 2.43. The monoisotopic (exact) mass is 283 g/mol. The van der Waals surface area contributed by atoms with E-state index in [1.807, 2.05) is 13.0 Å². The first-order chi connectivity index (χ1) is 9.17. The number of ether oxygens (including phenoxy) is 2. The van der Waals surface area contributed by atoms with E-state index < -0.39 is 0 Å². The van der Waals surface area contributed by atoms with Gasteiger partial charge in [-0.3, -0.25) is 15.6 Å². The zero-order valence-electron chi connectivity index (χ0n) is 10.9. The molecule has 3 N–H and O–H groups in total. The third-order valence-corrected chi connectivity index (χ3v) is 2.33. The topological polar surface area (TPSA) is 71.6 Å². The summed E-state index contributed by atoms with van der Waals surface area (Å²) in [5.41, 5.74) is 4.97. The number of carbonyl (C=O) groups is 1. The molecule has 1 amide bonds. The van der Waals surface area contributed by atoms with Crippen LogP contribution in [0.5, 0.6) is 11.5 Å². The number of nitrogens with one attached hydrogen (secondary N) is 3. The zero-order valence-corrected chi connectivity index (χ0v) is 11.7. The largest absolute Gasteiger partial charge is 0.493 e. The Morgan fingerprint density at radius 3 is 2.58 bits per heavy atom. The molecule has 104 valence electrons. The number of para-hydroxylation sites is 2. The first kappa shape index (κ1) is 15.0. The van der Waals surface area contributed by atoms with E-state index in [1.165, 1.54) is 0 Å². The number of carbonyl (C=O) groups excluding carboxylic acids is 1. The van der Waals surface area contributed by atoms with Gasteiger partial charge in [0.1, 0.15) is 0 Å². The van der Waals surface area contributed by atoms with Crippen LogP contribution in [0.3, 0.4) is 0 Å². The van der Waals surface area contributed by atoms with Gasteiger partial charge in [-0.2, -0.15) is 0 Å². The summed E-state index contributed by atoms with van der Waals surface area (Å²) in [4.78, 5) is 11.5. The predicted octanol–water partition coefficient (Wildman–Crippen LogP) is 0.589. The van der Waals surface area contributed by atoms with Crippen LogP contribution < -0.4 is 25.6 Å². The van der Waals surface area contributed by atoms with Crippen LogP contribution in [0, 0.1) is 0 Å². The van der Waals surface area contributed by atoms with Crippen molar-refractivity contribution in [1.82, 2.24) is 16.2 Å². The third kappa shape index (κ3) is 5.43. The van der Waals surface area contributed by atoms with Gasteiger partial charge in [0.05, 0.1) is 7.11 Å². The Balaban J connectivity index is 2.35. The summed E-state index contributed by atoms with van der Waals surface area (Å²) < 4.78 is 10.4. The maximum Gasteiger partial charge on any atom is 0.276 e. The highest BCUT2D eigenvalue weighted by Crippen LogP contribution is 2.25. The zero-order chi connectivity index (χ0) is 14.1. The highest BCUT2D eigenvalue weighted by atomic mass is 32.1. The first-order valence-electron chi connectivity index (χ1n) is 5.75. The quantitative estimate of drug-likeness (QED) is 0.543. The number of hydrogen-bond donors (Lipinski definition) is 3. The van der Waals surface area contributed by atoms with E-state index in [0.717, 1.165) is 0 Å². The van der Waals surface area contributed by atoms with Crippen LogP contribution in [0.25, 0.3) is 0 Å². The van der Waals surface area contributed by atoms with Crippen molar-refractivity contribution >= 4 is 23.2 Å². The van der Waals surface area contributed by atoms with Gasteiger partial charge in [0.15, 0.2) is 23.2 Å². The molecule has 0 aliphatic heterocycles. The van der Waals surface area contributed by atoms with Gasteiger partial charge in [-0.1, -0.05) is 12.1 Å². The molecule has 0 atom stereocenters. The minimum atomic E-state index is -0.342. The fourth-order valence-electron chi connectivity index (χ4n) is 1.25. The molecule has 1 aromatic carbocycles. The summed E-state index contributed by atoms with van der Waals surface area (Å²) in [5.74, 6) is 0.743. The van der Waals surface area contributed by atoms with Crippen molar-refractivity contribution in [2.75, 3.05) is 20.3 Å². The third-order valence-electron chi connectivity index (χ3n) is 2.08. The summed E-state index contributed by atoms with van der Waals surface area (Å²) in [6.45, 7) is 2.45. The van der Waals surface area contributed by atoms with Gasteiger partial charge in [-0.05, 0) is 31.3 Å². The summed E-state index contributed by atoms with van der Waals surface area (Å²) in [7, 11) is 1.54. The molecule has 0 aliphatic carbocycles. The predicted molar refractivity (Wildman–Crippen MR) is 76.0 cm³/mol. The Morgan fingerprint density at radius 1 is 1.26 bits per heavy atom. The Kier molecular flexibility index (Phi) is 6.45. The van der Waals surface area contributed by atoms with E-state index in [4.69, 9.17) is 21.7 Å². The van der Waals surface area contributed by atoms with E-state index in [-0.39, 0.29) is 12.5 Å². The second kappa shape index (κ2) is 8.15. The minimum Gasteiger partial charge on any atom is -0.493 e. The molecular formula is C12H17N3O3S. The average molecular weight is 283 g/mol. The molecule has 0 unspecified atom stereocenters. The van der Waals surface area contributed by atoms with Crippen LogP contribution >= 0.6 is 12.2 Å². The van der Waals surface area contributed by atoms with Gasteiger partial charge in [-0.15, -0.1) is 0 Å². The molecule has 0 radical (unpaired) electrons. The van der Waals surface area contributed by atoms with Crippen molar-refractivity contribution < 1.29 is 14.3 Å². The van der Waals surface area contributed by atoms with Crippen LogP contribution in [-0.4, -0.2) is 31.3 Å².